The molecular weight excluding hydrogens is 404 g/mol. The van der Waals surface area contributed by atoms with Crippen LogP contribution in [0.5, 0.6) is 5.75 Å². The monoisotopic (exact) mass is 428 g/mol. The summed E-state index contributed by atoms with van der Waals surface area (Å²) in [6.07, 6.45) is 7.43. The number of benzene rings is 1. The summed E-state index contributed by atoms with van der Waals surface area (Å²) in [5.41, 5.74) is 3.59. The van der Waals surface area contributed by atoms with E-state index in [4.69, 9.17) is 4.74 Å². The van der Waals surface area contributed by atoms with Crippen molar-refractivity contribution in [3.63, 3.8) is 0 Å². The van der Waals surface area contributed by atoms with Crippen LogP contribution in [0.25, 0.3) is 11.0 Å². The van der Waals surface area contributed by atoms with Crippen molar-refractivity contribution in [2.45, 2.75) is 38.3 Å². The number of anilines is 3. The predicted molar refractivity (Wildman–Crippen MR) is 119 cm³/mol. The highest BCUT2D eigenvalue weighted by atomic mass is 35.5. The van der Waals surface area contributed by atoms with Crippen molar-refractivity contribution in [2.24, 2.45) is 0 Å². The molecule has 1 fully saturated rings. The maximum Gasteiger partial charge on any atom is 0.255 e. The normalized spacial score (nSPS) is 16.9. The number of hydrogen-bond acceptors (Lipinski definition) is 6. The number of rotatable bonds is 3. The number of carbonyl (C=O) groups excluding carboxylic acids is 1. The molecule has 0 bridgehead atoms. The lowest BCUT2D eigenvalue weighted by atomic mass is 9.94. The number of fused-ring (bicyclic) bond motifs is 2. The quantitative estimate of drug-likeness (QED) is 0.585. The number of amides is 1. The van der Waals surface area contributed by atoms with Crippen molar-refractivity contribution >= 4 is 46.5 Å². The minimum Gasteiger partial charge on any atom is -0.492 e. The lowest BCUT2D eigenvalue weighted by Crippen LogP contribution is -2.61. The first-order valence-corrected chi connectivity index (χ1v) is 9.87. The van der Waals surface area contributed by atoms with Gasteiger partial charge in [-0.1, -0.05) is 0 Å². The van der Waals surface area contributed by atoms with Gasteiger partial charge in [0.15, 0.2) is 5.75 Å². The molecule has 8 nitrogen and oxygen atoms in total. The number of halogens is 1. The summed E-state index contributed by atoms with van der Waals surface area (Å²) in [6, 6.07) is 3.88. The van der Waals surface area contributed by atoms with E-state index in [-0.39, 0.29) is 24.0 Å². The van der Waals surface area contributed by atoms with E-state index < -0.39 is 0 Å². The largest absolute Gasteiger partial charge is 0.492 e. The molecule has 0 radical (unpaired) electrons. The second kappa shape index (κ2) is 7.36. The number of H-pyrrole nitrogens is 1. The van der Waals surface area contributed by atoms with Gasteiger partial charge < -0.3 is 25.3 Å². The van der Waals surface area contributed by atoms with Gasteiger partial charge in [-0.05, 0) is 50.3 Å². The summed E-state index contributed by atoms with van der Waals surface area (Å²) in [5.74, 6) is 1.31. The van der Waals surface area contributed by atoms with Gasteiger partial charge in [-0.3, -0.25) is 4.79 Å². The maximum atomic E-state index is 13.1. The molecule has 5 rings (SSSR count). The van der Waals surface area contributed by atoms with Crippen molar-refractivity contribution < 1.29 is 9.53 Å². The molecule has 0 atom stereocenters. The number of aryl methyl sites for hydroxylation is 1. The molecule has 158 valence electrons. The van der Waals surface area contributed by atoms with Crippen molar-refractivity contribution in [1.29, 1.82) is 0 Å². The van der Waals surface area contributed by atoms with Crippen LogP contribution in [0.4, 0.5) is 17.2 Å². The van der Waals surface area contributed by atoms with Gasteiger partial charge in [0.2, 0.25) is 0 Å². The molecule has 2 aromatic heterocycles. The van der Waals surface area contributed by atoms with E-state index in [9.17, 15) is 4.79 Å². The van der Waals surface area contributed by atoms with Gasteiger partial charge in [0.1, 0.15) is 23.5 Å². The van der Waals surface area contributed by atoms with E-state index in [1.54, 1.807) is 7.11 Å². The Kier molecular flexibility index (Phi) is 4.97. The Bertz CT molecular complexity index is 1120. The fourth-order valence-corrected chi connectivity index (χ4v) is 4.78. The summed E-state index contributed by atoms with van der Waals surface area (Å²) in [6.45, 7) is 1.95. The first kappa shape index (κ1) is 20.3. The number of methoxy groups -OCH3 is 1. The van der Waals surface area contributed by atoms with Crippen LogP contribution < -0.4 is 20.3 Å². The second-order valence-electron chi connectivity index (χ2n) is 7.84. The Labute approximate surface area is 180 Å². The van der Waals surface area contributed by atoms with E-state index >= 15 is 0 Å². The Hall–Kier alpha value is -3.00. The number of nitrogens with one attached hydrogen (secondary N) is 3. The molecule has 9 heteroatoms. The van der Waals surface area contributed by atoms with Gasteiger partial charge in [0.25, 0.3) is 5.91 Å². The summed E-state index contributed by atoms with van der Waals surface area (Å²) in [4.78, 5) is 27.0. The van der Waals surface area contributed by atoms with Gasteiger partial charge in [0.05, 0.1) is 29.4 Å². The van der Waals surface area contributed by atoms with Crippen molar-refractivity contribution in [3.8, 4) is 5.75 Å². The molecule has 0 saturated heterocycles. The van der Waals surface area contributed by atoms with E-state index in [0.29, 0.717) is 17.1 Å². The predicted octanol–water partition coefficient (Wildman–Crippen LogP) is 3.89. The van der Waals surface area contributed by atoms with Crippen LogP contribution in [0.15, 0.2) is 24.7 Å². The molecule has 1 aliphatic heterocycles. The third-order valence-corrected chi connectivity index (χ3v) is 6.24. The Morgan fingerprint density at radius 2 is 2.03 bits per heavy atom. The summed E-state index contributed by atoms with van der Waals surface area (Å²) in [5, 5.41) is 7.56. The van der Waals surface area contributed by atoms with Crippen LogP contribution in [-0.2, 0) is 0 Å². The average Bonchev–Trinajstić information content (AvgIpc) is 3.36. The van der Waals surface area contributed by atoms with E-state index in [0.717, 1.165) is 53.7 Å². The van der Waals surface area contributed by atoms with Crippen LogP contribution in [0, 0.1) is 6.92 Å². The SMILES string of the molecule is COc1c(Nc2ncnc3[nH]ccc23)cc(C)c2c1N(C)C1(CCCC1)NC2=O.Cl. The molecule has 1 amide bonds. The molecule has 2 aliphatic rings. The fourth-order valence-electron chi connectivity index (χ4n) is 4.78. The fraction of sp³-hybridized carbons (Fsp3) is 0.381. The lowest BCUT2D eigenvalue weighted by Gasteiger charge is -2.46. The Morgan fingerprint density at radius 3 is 2.77 bits per heavy atom. The number of ether oxygens (including phenoxy) is 1. The average molecular weight is 429 g/mol. The number of aromatic nitrogens is 3. The van der Waals surface area contributed by atoms with E-state index in [1.807, 2.05) is 32.3 Å². The highest BCUT2D eigenvalue weighted by Crippen LogP contribution is 2.48. The Balaban J connectivity index is 0.00000218. The van der Waals surface area contributed by atoms with Gasteiger partial charge in [-0.2, -0.15) is 0 Å². The molecule has 3 N–H and O–H groups in total. The number of carbonyl (C=O) groups is 1. The molecule has 1 saturated carbocycles. The molecule has 0 unspecified atom stereocenters. The molecule has 3 aromatic rings. The molecule has 1 aliphatic carbocycles. The molecular formula is C21H25ClN6O2. The minimum atomic E-state index is -0.342. The van der Waals surface area contributed by atoms with Crippen LogP contribution in [0.3, 0.4) is 0 Å². The third-order valence-electron chi connectivity index (χ3n) is 6.24. The van der Waals surface area contributed by atoms with Crippen LogP contribution in [0.1, 0.15) is 41.6 Å². The summed E-state index contributed by atoms with van der Waals surface area (Å²) < 4.78 is 5.85. The van der Waals surface area contributed by atoms with Crippen LogP contribution in [0.2, 0.25) is 0 Å². The van der Waals surface area contributed by atoms with Gasteiger partial charge in [-0.25, -0.2) is 9.97 Å². The third kappa shape index (κ3) is 2.86. The topological polar surface area (TPSA) is 95.2 Å². The van der Waals surface area contributed by atoms with Crippen molar-refractivity contribution in [3.05, 3.63) is 35.8 Å². The number of nitrogens with zero attached hydrogens (tertiary/aromatic N) is 3. The second-order valence-corrected chi connectivity index (χ2v) is 7.84. The molecule has 30 heavy (non-hydrogen) atoms. The smallest absolute Gasteiger partial charge is 0.255 e. The first-order valence-electron chi connectivity index (χ1n) is 9.87. The van der Waals surface area contributed by atoms with Gasteiger partial charge in [-0.15, -0.1) is 12.4 Å². The van der Waals surface area contributed by atoms with Crippen LogP contribution in [-0.4, -0.2) is 40.7 Å². The van der Waals surface area contributed by atoms with Gasteiger partial charge >= 0.3 is 0 Å². The summed E-state index contributed by atoms with van der Waals surface area (Å²) >= 11 is 0. The molecule has 3 heterocycles. The zero-order valence-electron chi connectivity index (χ0n) is 17.2. The maximum absolute atomic E-state index is 13.1. The lowest BCUT2D eigenvalue weighted by molar-refractivity contribution is 0.0883. The van der Waals surface area contributed by atoms with E-state index in [2.05, 4.69) is 30.5 Å². The van der Waals surface area contributed by atoms with Crippen LogP contribution >= 0.6 is 12.4 Å². The number of hydrogen-bond donors (Lipinski definition) is 3. The van der Waals surface area contributed by atoms with Crippen molar-refractivity contribution in [1.82, 2.24) is 20.3 Å². The highest BCUT2D eigenvalue weighted by molar-refractivity contribution is 6.07. The molecule has 1 aromatic carbocycles. The summed E-state index contributed by atoms with van der Waals surface area (Å²) in [7, 11) is 3.69. The highest BCUT2D eigenvalue weighted by Gasteiger charge is 2.46. The zero-order chi connectivity index (χ0) is 20.2. The zero-order valence-corrected chi connectivity index (χ0v) is 18.0. The Morgan fingerprint density at radius 1 is 1.27 bits per heavy atom. The minimum absolute atomic E-state index is 0. The van der Waals surface area contributed by atoms with E-state index in [1.165, 1.54) is 6.33 Å². The number of aromatic amines is 1. The standard InChI is InChI=1S/C21H24N6O2.ClH/c1-12-10-14(25-19-13-6-9-22-18(13)23-11-24-19)17(29-3)16-15(12)20(28)26-21(27(16)2)7-4-5-8-21;/h6,9-11H,4-5,7-8H2,1-3H3,(H,26,28)(H2,22,23,24,25);1H. The molecule has 1 spiro atoms. The van der Waals surface area contributed by atoms with Crippen molar-refractivity contribution in [2.75, 3.05) is 24.4 Å². The first-order chi connectivity index (χ1) is 14.0. The van der Waals surface area contributed by atoms with Gasteiger partial charge in [0, 0.05) is 13.2 Å².